The summed E-state index contributed by atoms with van der Waals surface area (Å²) in [6, 6.07) is 7.73. The van der Waals surface area contributed by atoms with Crippen molar-refractivity contribution in [2.45, 2.75) is 50.5 Å². The Morgan fingerprint density at radius 3 is 1.82 bits per heavy atom. The number of alkyl halides is 6. The van der Waals surface area contributed by atoms with Crippen molar-refractivity contribution in [2.24, 2.45) is 5.92 Å². The molecule has 0 bridgehead atoms. The van der Waals surface area contributed by atoms with Crippen LogP contribution in [0.3, 0.4) is 0 Å². The maximum Gasteiger partial charge on any atom is 1.00 e. The second-order valence-corrected chi connectivity index (χ2v) is 9.81. The van der Waals surface area contributed by atoms with Gasteiger partial charge in [0.2, 0.25) is 0 Å². The molecule has 1 atom stereocenters. The van der Waals surface area contributed by atoms with Crippen LogP contribution in [0.4, 0.5) is 42.5 Å². The molecule has 1 aliphatic rings. The number of carboxylic acid groups (broad SMARTS) is 1. The zero-order chi connectivity index (χ0) is 29.9. The third kappa shape index (κ3) is 9.36. The van der Waals surface area contributed by atoms with Crippen molar-refractivity contribution < 1.29 is 75.6 Å². The van der Waals surface area contributed by atoms with E-state index in [2.05, 4.69) is 10.6 Å². The van der Waals surface area contributed by atoms with Crippen molar-refractivity contribution in [3.8, 4) is 0 Å². The molecular formula is C28H28F6LiN3O6. The molecule has 3 aromatic rings. The van der Waals surface area contributed by atoms with Crippen LogP contribution in [0.2, 0.25) is 0 Å². The Bertz CT molecular complexity index is 1450. The number of aliphatic carboxylic acids is 1. The van der Waals surface area contributed by atoms with Gasteiger partial charge in [0.05, 0.1) is 22.4 Å². The van der Waals surface area contributed by atoms with Gasteiger partial charge in [0, 0.05) is 5.69 Å². The molecule has 0 spiro atoms. The summed E-state index contributed by atoms with van der Waals surface area (Å²) in [6.07, 6.45) is -6.41. The van der Waals surface area contributed by atoms with E-state index in [4.69, 9.17) is 0 Å². The van der Waals surface area contributed by atoms with Gasteiger partial charge in [-0.05, 0) is 59.9 Å². The number of rotatable bonds is 6. The van der Waals surface area contributed by atoms with Crippen LogP contribution < -0.4 is 34.8 Å². The number of fused-ring (bicyclic) bond motifs is 1. The van der Waals surface area contributed by atoms with Crippen molar-refractivity contribution in [2.75, 3.05) is 10.6 Å². The van der Waals surface area contributed by atoms with Gasteiger partial charge in [0.25, 0.3) is 5.91 Å². The first-order chi connectivity index (χ1) is 19.2. The topological polar surface area (TPSA) is 169 Å². The maximum absolute atomic E-state index is 13.3. The van der Waals surface area contributed by atoms with Crippen LogP contribution in [0.25, 0.3) is 10.8 Å². The Kier molecular flexibility index (Phi) is 13.3. The normalized spacial score (nSPS) is 14.2. The summed E-state index contributed by atoms with van der Waals surface area (Å²) in [4.78, 5) is 38.1. The number of carbonyl (C=O) groups is 3. The number of anilines is 2. The molecule has 3 amide bonds. The van der Waals surface area contributed by atoms with E-state index in [9.17, 15) is 45.8 Å². The third-order valence-electron chi connectivity index (χ3n) is 6.90. The number of amides is 3. The molecular weight excluding hydrogens is 595 g/mol. The van der Waals surface area contributed by atoms with Crippen molar-refractivity contribution in [1.82, 2.24) is 5.32 Å². The average Bonchev–Trinajstić information content (AvgIpc) is 2.90. The first-order valence-corrected chi connectivity index (χ1v) is 12.7. The van der Waals surface area contributed by atoms with Gasteiger partial charge in [-0.1, -0.05) is 43.5 Å². The summed E-state index contributed by atoms with van der Waals surface area (Å²) in [5.41, 5.74) is -4.28. The van der Waals surface area contributed by atoms with Gasteiger partial charge in [-0.25, -0.2) is 9.59 Å². The predicted octanol–water partition coefficient (Wildman–Crippen LogP) is 3.29. The molecule has 4 rings (SSSR count). The molecule has 0 unspecified atom stereocenters. The van der Waals surface area contributed by atoms with Gasteiger partial charge >= 0.3 is 43.2 Å². The zero-order valence-corrected chi connectivity index (χ0v) is 23.3. The van der Waals surface area contributed by atoms with E-state index in [1.165, 1.54) is 12.1 Å². The Hall–Kier alpha value is -3.77. The Morgan fingerprint density at radius 1 is 0.795 bits per heavy atom. The molecule has 0 aliphatic heterocycles. The standard InChI is InChI=1S/C28H25F6N3O4.Li.2H2O/c29-27(30,31)18-12-19(28(32,33)34)14-20(13-18)35-26(41)36-22-11-17-9-5-4-8-16(17)10-21(22)24(38)37-23(25(39)40)15-6-2-1-3-7-15;;;/h4-5,8-15,23H,1-3,6-7H2,(H,37,38)(H,39,40)(H2,35,36,41);;2*1H2/q;+1;;/p-1/t23-;;;/m0.../s1. The van der Waals surface area contributed by atoms with Crippen LogP contribution in [-0.2, 0) is 17.1 Å². The number of nitrogens with one attached hydrogen (secondary N) is 3. The first-order valence-electron chi connectivity index (χ1n) is 12.7. The van der Waals surface area contributed by atoms with Crippen LogP contribution in [-0.4, -0.2) is 40.0 Å². The number of carbonyl (C=O) groups excluding carboxylic acids is 2. The van der Waals surface area contributed by atoms with Gasteiger partial charge in [0.1, 0.15) is 6.04 Å². The SMILES string of the molecule is O.O=C(Nc1cc(C(F)(F)F)cc(C(F)(F)F)c1)Nc1cc2ccccc2cc1C(=O)N[C@H](C(=O)O)C1CCCCC1.[Li+].[OH-]. The maximum atomic E-state index is 13.3. The predicted molar refractivity (Wildman–Crippen MR) is 144 cm³/mol. The van der Waals surface area contributed by atoms with Gasteiger partial charge in [-0.2, -0.15) is 26.3 Å². The molecule has 1 aliphatic carbocycles. The van der Waals surface area contributed by atoms with Gasteiger partial charge in [-0.15, -0.1) is 0 Å². The second-order valence-electron chi connectivity index (χ2n) is 9.81. The summed E-state index contributed by atoms with van der Waals surface area (Å²) < 4.78 is 79.3. The number of carboxylic acids is 1. The molecule has 3 aromatic carbocycles. The van der Waals surface area contributed by atoms with Crippen LogP contribution in [0.5, 0.6) is 0 Å². The van der Waals surface area contributed by atoms with Crippen molar-refractivity contribution >= 4 is 40.1 Å². The minimum Gasteiger partial charge on any atom is -0.870 e. The summed E-state index contributed by atoms with van der Waals surface area (Å²) in [7, 11) is 0. The number of benzene rings is 3. The molecule has 44 heavy (non-hydrogen) atoms. The Morgan fingerprint density at radius 2 is 1.32 bits per heavy atom. The molecule has 0 aromatic heterocycles. The van der Waals surface area contributed by atoms with E-state index < -0.39 is 53.1 Å². The van der Waals surface area contributed by atoms with E-state index in [-0.39, 0.29) is 53.0 Å². The largest absolute Gasteiger partial charge is 1.00 e. The Balaban J connectivity index is 0.00000323. The fourth-order valence-corrected chi connectivity index (χ4v) is 4.91. The van der Waals surface area contributed by atoms with Crippen molar-refractivity contribution in [1.29, 1.82) is 0 Å². The molecule has 9 nitrogen and oxygen atoms in total. The van der Waals surface area contributed by atoms with E-state index in [0.29, 0.717) is 35.7 Å². The molecule has 234 valence electrons. The van der Waals surface area contributed by atoms with E-state index in [1.807, 2.05) is 5.32 Å². The molecule has 16 heteroatoms. The fraction of sp³-hybridized carbons (Fsp3) is 0.321. The third-order valence-corrected chi connectivity index (χ3v) is 6.90. The van der Waals surface area contributed by atoms with Crippen molar-refractivity contribution in [3.63, 3.8) is 0 Å². The monoisotopic (exact) mass is 623 g/mol. The minimum absolute atomic E-state index is 0. The first kappa shape index (κ1) is 38.3. The average molecular weight is 623 g/mol. The zero-order valence-electron chi connectivity index (χ0n) is 23.3. The molecule has 0 saturated heterocycles. The number of urea groups is 1. The van der Waals surface area contributed by atoms with E-state index >= 15 is 0 Å². The van der Waals surface area contributed by atoms with Crippen LogP contribution in [0.1, 0.15) is 53.6 Å². The molecule has 1 fully saturated rings. The summed E-state index contributed by atoms with van der Waals surface area (Å²) >= 11 is 0. The molecule has 0 heterocycles. The number of halogens is 6. The van der Waals surface area contributed by atoms with E-state index in [0.717, 1.165) is 19.3 Å². The van der Waals surface area contributed by atoms with Gasteiger partial charge < -0.3 is 32.0 Å². The molecule has 0 radical (unpaired) electrons. The molecule has 7 N–H and O–H groups in total. The van der Waals surface area contributed by atoms with Crippen LogP contribution >= 0.6 is 0 Å². The van der Waals surface area contributed by atoms with Crippen LogP contribution in [0, 0.1) is 5.92 Å². The summed E-state index contributed by atoms with van der Waals surface area (Å²) in [5.74, 6) is -2.33. The fourth-order valence-electron chi connectivity index (χ4n) is 4.91. The Labute approximate surface area is 259 Å². The summed E-state index contributed by atoms with van der Waals surface area (Å²) in [5, 5.41) is 17.7. The number of hydrogen-bond acceptors (Lipinski definition) is 4. The quantitative estimate of drug-likeness (QED) is 0.244. The van der Waals surface area contributed by atoms with E-state index in [1.54, 1.807) is 24.3 Å². The minimum atomic E-state index is -5.11. The summed E-state index contributed by atoms with van der Waals surface area (Å²) in [6.45, 7) is 0. The number of hydrogen-bond donors (Lipinski definition) is 4. The van der Waals surface area contributed by atoms with Crippen molar-refractivity contribution in [3.05, 3.63) is 71.3 Å². The smallest absolute Gasteiger partial charge is 0.870 e. The van der Waals surface area contributed by atoms with Gasteiger partial charge in [-0.3, -0.25) is 4.79 Å². The van der Waals surface area contributed by atoms with Gasteiger partial charge in [0.15, 0.2) is 0 Å². The van der Waals surface area contributed by atoms with Crippen LogP contribution in [0.15, 0.2) is 54.6 Å². The molecule has 1 saturated carbocycles. The second kappa shape index (κ2) is 15.3.